The molecule has 1 aromatic rings. The first-order valence-electron chi connectivity index (χ1n) is 7.26. The Morgan fingerprint density at radius 1 is 1.18 bits per heavy atom. The molecule has 122 valence electrons. The molecule has 0 bridgehead atoms. The molecular weight excluding hydrogens is 286 g/mol. The van der Waals surface area contributed by atoms with Crippen LogP contribution in [0.2, 0.25) is 0 Å². The molecule has 0 saturated carbocycles. The molecule has 0 aliphatic carbocycles. The first kappa shape index (κ1) is 18.1. The number of carbonyl (C=O) groups excluding carboxylic acids is 2. The van der Waals surface area contributed by atoms with E-state index in [0.717, 1.165) is 5.56 Å². The third-order valence-corrected chi connectivity index (χ3v) is 2.97. The molecule has 0 heterocycles. The fourth-order valence-electron chi connectivity index (χ4n) is 1.92. The van der Waals surface area contributed by atoms with Crippen LogP contribution in [0.15, 0.2) is 24.3 Å². The van der Waals surface area contributed by atoms with E-state index in [4.69, 9.17) is 9.47 Å². The largest absolute Gasteiger partial charge is 0.467 e. The number of methoxy groups -OCH3 is 1. The fraction of sp³-hybridized carbons (Fsp3) is 0.500. The molecule has 1 unspecified atom stereocenters. The summed E-state index contributed by atoms with van der Waals surface area (Å²) in [4.78, 5) is 22.2. The van der Waals surface area contributed by atoms with Gasteiger partial charge in [-0.1, -0.05) is 12.1 Å². The zero-order valence-electron chi connectivity index (χ0n) is 13.2. The van der Waals surface area contributed by atoms with Crippen molar-refractivity contribution in [1.82, 2.24) is 0 Å². The molecule has 0 aromatic heterocycles. The van der Waals surface area contributed by atoms with Gasteiger partial charge in [0.25, 0.3) is 0 Å². The summed E-state index contributed by atoms with van der Waals surface area (Å²) in [5, 5.41) is 2.81. The van der Waals surface area contributed by atoms with E-state index in [1.807, 2.05) is 26.0 Å². The van der Waals surface area contributed by atoms with E-state index in [0.29, 0.717) is 31.6 Å². The second-order valence-corrected chi connectivity index (χ2v) is 4.52. The molecule has 0 amide bonds. The number of anilines is 1. The van der Waals surface area contributed by atoms with Gasteiger partial charge in [0.15, 0.2) is 18.6 Å². The van der Waals surface area contributed by atoms with Crippen LogP contribution in [0.4, 0.5) is 5.69 Å². The average molecular weight is 309 g/mol. The van der Waals surface area contributed by atoms with Crippen molar-refractivity contribution >= 4 is 17.9 Å². The van der Waals surface area contributed by atoms with E-state index in [-0.39, 0.29) is 6.29 Å². The maximum absolute atomic E-state index is 11.4. The number of benzene rings is 1. The molecule has 0 spiro atoms. The highest BCUT2D eigenvalue weighted by molar-refractivity contribution is 5.95. The lowest BCUT2D eigenvalue weighted by molar-refractivity contribution is -0.142. The second-order valence-electron chi connectivity index (χ2n) is 4.52. The van der Waals surface area contributed by atoms with Gasteiger partial charge >= 0.3 is 5.97 Å². The molecule has 6 heteroatoms. The third kappa shape index (κ3) is 5.83. The number of nitrogens with one attached hydrogen (secondary N) is 1. The maximum Gasteiger partial charge on any atom is 0.335 e. The lowest BCUT2D eigenvalue weighted by Crippen LogP contribution is -2.31. The molecule has 1 atom stereocenters. The number of esters is 1. The van der Waals surface area contributed by atoms with Crippen LogP contribution in [-0.4, -0.2) is 44.9 Å². The van der Waals surface area contributed by atoms with Crippen LogP contribution < -0.4 is 5.32 Å². The van der Waals surface area contributed by atoms with Gasteiger partial charge in [-0.05, 0) is 31.5 Å². The Balaban J connectivity index is 2.65. The van der Waals surface area contributed by atoms with Crippen LogP contribution in [0.25, 0.3) is 0 Å². The third-order valence-electron chi connectivity index (χ3n) is 2.97. The minimum absolute atomic E-state index is 0.272. The summed E-state index contributed by atoms with van der Waals surface area (Å²) in [6.45, 7) is 5.02. The Labute approximate surface area is 130 Å². The lowest BCUT2D eigenvalue weighted by atomic mass is 10.1. The molecule has 1 N–H and O–H groups in total. The summed E-state index contributed by atoms with van der Waals surface area (Å²) in [5.41, 5.74) is 1.70. The molecule has 0 radical (unpaired) electrons. The monoisotopic (exact) mass is 309 g/mol. The zero-order chi connectivity index (χ0) is 16.4. The molecule has 0 saturated heterocycles. The number of rotatable bonds is 10. The van der Waals surface area contributed by atoms with E-state index in [1.54, 1.807) is 12.1 Å². The zero-order valence-corrected chi connectivity index (χ0v) is 13.2. The maximum atomic E-state index is 11.4. The van der Waals surface area contributed by atoms with Gasteiger partial charge in [-0.15, -0.1) is 0 Å². The summed E-state index contributed by atoms with van der Waals surface area (Å²) in [7, 11) is 1.24. The molecule has 1 rings (SSSR count). The smallest absolute Gasteiger partial charge is 0.335 e. The Morgan fingerprint density at radius 2 is 1.77 bits per heavy atom. The quantitative estimate of drug-likeness (QED) is 0.307. The summed E-state index contributed by atoms with van der Waals surface area (Å²) in [5.74, 6) is -0.619. The Kier molecular flexibility index (Phi) is 8.17. The first-order valence-corrected chi connectivity index (χ1v) is 7.26. The number of aldehydes is 1. The van der Waals surface area contributed by atoms with E-state index >= 15 is 0 Å². The van der Waals surface area contributed by atoms with E-state index < -0.39 is 12.0 Å². The SMILES string of the molecule is CCOC(Cc1ccc(NC(C=O)C(=O)OC)cc1)OCC. The van der Waals surface area contributed by atoms with Crippen molar-refractivity contribution < 1.29 is 23.8 Å². The summed E-state index contributed by atoms with van der Waals surface area (Å²) in [6.07, 6.45) is 0.877. The minimum Gasteiger partial charge on any atom is -0.467 e. The van der Waals surface area contributed by atoms with Crippen molar-refractivity contribution in [2.24, 2.45) is 0 Å². The van der Waals surface area contributed by atoms with Crippen molar-refractivity contribution in [1.29, 1.82) is 0 Å². The van der Waals surface area contributed by atoms with E-state index in [2.05, 4.69) is 10.1 Å². The van der Waals surface area contributed by atoms with Crippen molar-refractivity contribution in [2.45, 2.75) is 32.6 Å². The number of hydrogen-bond acceptors (Lipinski definition) is 6. The number of carbonyl (C=O) groups is 2. The fourth-order valence-corrected chi connectivity index (χ4v) is 1.92. The van der Waals surface area contributed by atoms with Gasteiger partial charge in [0.2, 0.25) is 0 Å². The highest BCUT2D eigenvalue weighted by Gasteiger charge is 2.17. The van der Waals surface area contributed by atoms with Crippen molar-refractivity contribution in [3.8, 4) is 0 Å². The highest BCUT2D eigenvalue weighted by atomic mass is 16.7. The summed E-state index contributed by atoms with van der Waals surface area (Å²) < 4.78 is 15.5. The summed E-state index contributed by atoms with van der Waals surface area (Å²) >= 11 is 0. The van der Waals surface area contributed by atoms with Gasteiger partial charge < -0.3 is 24.3 Å². The second kappa shape index (κ2) is 9.92. The molecule has 0 aliphatic heterocycles. The number of ether oxygens (including phenoxy) is 3. The van der Waals surface area contributed by atoms with Crippen LogP contribution in [0.3, 0.4) is 0 Å². The number of hydrogen-bond donors (Lipinski definition) is 1. The first-order chi connectivity index (χ1) is 10.6. The lowest BCUT2D eigenvalue weighted by Gasteiger charge is -2.17. The Hall–Kier alpha value is -1.92. The highest BCUT2D eigenvalue weighted by Crippen LogP contribution is 2.14. The van der Waals surface area contributed by atoms with Crippen LogP contribution in [0.1, 0.15) is 19.4 Å². The van der Waals surface area contributed by atoms with Crippen LogP contribution >= 0.6 is 0 Å². The van der Waals surface area contributed by atoms with Gasteiger partial charge in [-0.3, -0.25) is 0 Å². The van der Waals surface area contributed by atoms with Crippen LogP contribution in [-0.2, 0) is 30.2 Å². The molecule has 1 aromatic carbocycles. The molecule has 0 fully saturated rings. The van der Waals surface area contributed by atoms with Gasteiger partial charge in [-0.2, -0.15) is 0 Å². The van der Waals surface area contributed by atoms with Crippen molar-refractivity contribution in [3.05, 3.63) is 29.8 Å². The normalized spacial score (nSPS) is 12.0. The molecular formula is C16H23NO5. The summed E-state index contributed by atoms with van der Waals surface area (Å²) in [6, 6.07) is 6.38. The van der Waals surface area contributed by atoms with E-state index in [1.165, 1.54) is 7.11 Å². The van der Waals surface area contributed by atoms with Gasteiger partial charge in [0.1, 0.15) is 0 Å². The van der Waals surface area contributed by atoms with Crippen LogP contribution in [0, 0.1) is 0 Å². The van der Waals surface area contributed by atoms with Crippen molar-refractivity contribution in [2.75, 3.05) is 25.6 Å². The van der Waals surface area contributed by atoms with Gasteiger partial charge in [0.05, 0.1) is 7.11 Å². The minimum atomic E-state index is -1.00. The predicted molar refractivity (Wildman–Crippen MR) is 82.7 cm³/mol. The Morgan fingerprint density at radius 3 is 2.23 bits per heavy atom. The Bertz CT molecular complexity index is 454. The van der Waals surface area contributed by atoms with E-state index in [9.17, 15) is 9.59 Å². The molecule has 0 aliphatic rings. The molecule has 22 heavy (non-hydrogen) atoms. The average Bonchev–Trinajstić information content (AvgIpc) is 2.54. The standard InChI is InChI=1S/C16H23NO5/c1-4-21-15(22-5-2)10-12-6-8-13(9-7-12)17-14(11-18)16(19)20-3/h6-9,11,14-15,17H,4-5,10H2,1-3H3. The predicted octanol–water partition coefficient (Wildman–Crippen LogP) is 1.78. The van der Waals surface area contributed by atoms with Gasteiger partial charge in [0, 0.05) is 25.3 Å². The topological polar surface area (TPSA) is 73.9 Å². The molecule has 6 nitrogen and oxygen atoms in total. The van der Waals surface area contributed by atoms with Gasteiger partial charge in [-0.25, -0.2) is 4.79 Å². The van der Waals surface area contributed by atoms with Crippen molar-refractivity contribution in [3.63, 3.8) is 0 Å². The van der Waals surface area contributed by atoms with Crippen LogP contribution in [0.5, 0.6) is 0 Å².